The van der Waals surface area contributed by atoms with Crippen molar-refractivity contribution in [1.82, 2.24) is 0 Å². The number of carbonyl (C=O) groups is 2. The number of carbonyl (C=O) groups excluding carboxylic acids is 2. The normalized spacial score (nSPS) is 10.5. The van der Waals surface area contributed by atoms with Crippen LogP contribution in [0.1, 0.15) is 32.6 Å². The van der Waals surface area contributed by atoms with Crippen molar-refractivity contribution >= 4 is 34.7 Å². The molecule has 2 rings (SSSR count). The molecule has 5 heteroatoms. The maximum atomic E-state index is 12.1. The third-order valence-corrected chi connectivity index (χ3v) is 4.58. The topological polar surface area (TPSA) is 43.4 Å². The SMILES string of the molecule is CCOC(=O)c1sc(CC(=O)Cc2ccc(Cl)cc2)cc1C. The van der Waals surface area contributed by atoms with E-state index in [4.69, 9.17) is 16.3 Å². The van der Waals surface area contributed by atoms with Gasteiger partial charge in [-0.3, -0.25) is 4.79 Å². The van der Waals surface area contributed by atoms with Crippen LogP contribution >= 0.6 is 22.9 Å². The lowest BCUT2D eigenvalue weighted by Crippen LogP contribution is -2.05. The van der Waals surface area contributed by atoms with Crippen molar-refractivity contribution in [2.45, 2.75) is 26.7 Å². The Morgan fingerprint density at radius 1 is 1.18 bits per heavy atom. The summed E-state index contributed by atoms with van der Waals surface area (Å²) >= 11 is 7.16. The van der Waals surface area contributed by atoms with Crippen LogP contribution in [0.2, 0.25) is 5.02 Å². The molecule has 0 spiro atoms. The van der Waals surface area contributed by atoms with E-state index in [1.54, 1.807) is 19.1 Å². The van der Waals surface area contributed by atoms with Crippen LogP contribution in [0, 0.1) is 6.92 Å². The van der Waals surface area contributed by atoms with Crippen LogP contribution < -0.4 is 0 Å². The number of hydrogen-bond acceptors (Lipinski definition) is 4. The lowest BCUT2D eigenvalue weighted by atomic mass is 10.1. The van der Waals surface area contributed by atoms with Gasteiger partial charge in [-0.1, -0.05) is 23.7 Å². The number of aryl methyl sites for hydroxylation is 1. The summed E-state index contributed by atoms with van der Waals surface area (Å²) in [5, 5.41) is 0.657. The van der Waals surface area contributed by atoms with E-state index in [-0.39, 0.29) is 11.8 Å². The molecule has 0 amide bonds. The highest BCUT2D eigenvalue weighted by Gasteiger charge is 2.16. The highest BCUT2D eigenvalue weighted by Crippen LogP contribution is 2.24. The van der Waals surface area contributed by atoms with Crippen LogP contribution in [-0.2, 0) is 22.4 Å². The Balaban J connectivity index is 2.01. The zero-order valence-electron chi connectivity index (χ0n) is 12.5. The molecule has 0 unspecified atom stereocenters. The van der Waals surface area contributed by atoms with Gasteiger partial charge in [-0.05, 0) is 43.2 Å². The van der Waals surface area contributed by atoms with Crippen molar-refractivity contribution in [1.29, 1.82) is 0 Å². The standard InChI is InChI=1S/C17H17ClO3S/c1-3-21-17(20)16-11(2)8-15(22-16)10-14(19)9-12-4-6-13(18)7-5-12/h4-8H,3,9-10H2,1-2H3. The van der Waals surface area contributed by atoms with E-state index in [9.17, 15) is 9.59 Å². The van der Waals surface area contributed by atoms with Crippen molar-refractivity contribution in [3.8, 4) is 0 Å². The quantitative estimate of drug-likeness (QED) is 0.741. The molecule has 0 fully saturated rings. The summed E-state index contributed by atoms with van der Waals surface area (Å²) in [6.45, 7) is 3.98. The molecule has 0 saturated heterocycles. The fourth-order valence-electron chi connectivity index (χ4n) is 2.12. The summed E-state index contributed by atoms with van der Waals surface area (Å²) in [4.78, 5) is 25.4. The molecule has 0 aliphatic carbocycles. The van der Waals surface area contributed by atoms with E-state index >= 15 is 0 Å². The number of esters is 1. The Labute approximate surface area is 138 Å². The fraction of sp³-hybridized carbons (Fsp3) is 0.294. The number of ether oxygens (including phenoxy) is 1. The van der Waals surface area contributed by atoms with Gasteiger partial charge in [0.25, 0.3) is 0 Å². The Morgan fingerprint density at radius 3 is 2.50 bits per heavy atom. The van der Waals surface area contributed by atoms with Crippen LogP contribution in [0.15, 0.2) is 30.3 Å². The van der Waals surface area contributed by atoms with Crippen LogP contribution in [0.3, 0.4) is 0 Å². The van der Waals surface area contributed by atoms with Crippen LogP contribution in [0.5, 0.6) is 0 Å². The molecule has 0 bridgehead atoms. The maximum Gasteiger partial charge on any atom is 0.348 e. The first kappa shape index (κ1) is 16.7. The highest BCUT2D eigenvalue weighted by molar-refractivity contribution is 7.14. The molecule has 0 atom stereocenters. The van der Waals surface area contributed by atoms with Gasteiger partial charge in [0.15, 0.2) is 0 Å². The Morgan fingerprint density at radius 2 is 1.86 bits per heavy atom. The van der Waals surface area contributed by atoms with Gasteiger partial charge >= 0.3 is 5.97 Å². The zero-order chi connectivity index (χ0) is 16.1. The maximum absolute atomic E-state index is 12.1. The van der Waals surface area contributed by atoms with Crippen molar-refractivity contribution in [3.05, 3.63) is 56.2 Å². The number of benzene rings is 1. The van der Waals surface area contributed by atoms with Gasteiger partial charge in [0, 0.05) is 22.7 Å². The Bertz CT molecular complexity index is 674. The smallest absolute Gasteiger partial charge is 0.348 e. The largest absolute Gasteiger partial charge is 0.462 e. The summed E-state index contributed by atoms with van der Waals surface area (Å²) < 4.78 is 5.01. The molecule has 116 valence electrons. The second-order valence-electron chi connectivity index (χ2n) is 4.96. The Kier molecular flexibility index (Phi) is 5.75. The summed E-state index contributed by atoms with van der Waals surface area (Å²) in [7, 11) is 0. The molecule has 0 aliphatic heterocycles. The minimum absolute atomic E-state index is 0.110. The summed E-state index contributed by atoms with van der Waals surface area (Å²) in [5.41, 5.74) is 1.80. The van der Waals surface area contributed by atoms with Gasteiger partial charge in [0.1, 0.15) is 10.7 Å². The van der Waals surface area contributed by atoms with Crippen molar-refractivity contribution < 1.29 is 14.3 Å². The first-order chi connectivity index (χ1) is 10.5. The van der Waals surface area contributed by atoms with Crippen molar-refractivity contribution in [3.63, 3.8) is 0 Å². The molecular formula is C17H17ClO3S. The monoisotopic (exact) mass is 336 g/mol. The average Bonchev–Trinajstić information content (AvgIpc) is 2.82. The van der Waals surface area contributed by atoms with Crippen molar-refractivity contribution in [2.75, 3.05) is 6.61 Å². The number of thiophene rings is 1. The van der Waals surface area contributed by atoms with Gasteiger partial charge in [0.2, 0.25) is 0 Å². The van der Waals surface area contributed by atoms with Gasteiger partial charge < -0.3 is 4.74 Å². The minimum Gasteiger partial charge on any atom is -0.462 e. The summed E-state index contributed by atoms with van der Waals surface area (Å²) in [5.74, 6) is -0.208. The molecule has 2 aromatic rings. The van der Waals surface area contributed by atoms with Gasteiger partial charge in [-0.25, -0.2) is 4.79 Å². The van der Waals surface area contributed by atoms with Crippen LogP contribution in [-0.4, -0.2) is 18.4 Å². The third-order valence-electron chi connectivity index (χ3n) is 3.12. The van der Waals surface area contributed by atoms with E-state index in [1.165, 1.54) is 11.3 Å². The molecule has 22 heavy (non-hydrogen) atoms. The zero-order valence-corrected chi connectivity index (χ0v) is 14.1. The lowest BCUT2D eigenvalue weighted by Gasteiger charge is -2.00. The van der Waals surface area contributed by atoms with E-state index < -0.39 is 0 Å². The molecule has 0 N–H and O–H groups in total. The highest BCUT2D eigenvalue weighted by atomic mass is 35.5. The molecule has 1 heterocycles. The lowest BCUT2D eigenvalue weighted by molar-refractivity contribution is -0.117. The van der Waals surface area contributed by atoms with E-state index in [0.29, 0.717) is 29.3 Å². The summed E-state index contributed by atoms with van der Waals surface area (Å²) in [6, 6.07) is 9.14. The Hall–Kier alpha value is -1.65. The summed E-state index contributed by atoms with van der Waals surface area (Å²) in [6.07, 6.45) is 0.691. The second-order valence-corrected chi connectivity index (χ2v) is 6.54. The molecule has 0 saturated carbocycles. The number of halogens is 1. The first-order valence-electron chi connectivity index (χ1n) is 7.02. The number of hydrogen-bond donors (Lipinski definition) is 0. The van der Waals surface area contributed by atoms with Gasteiger partial charge in [-0.2, -0.15) is 0 Å². The predicted molar refractivity (Wildman–Crippen MR) is 88.9 cm³/mol. The molecule has 1 aromatic carbocycles. The number of rotatable bonds is 6. The number of ketones is 1. The van der Waals surface area contributed by atoms with Crippen molar-refractivity contribution in [2.24, 2.45) is 0 Å². The first-order valence-corrected chi connectivity index (χ1v) is 8.21. The van der Waals surface area contributed by atoms with E-state index in [2.05, 4.69) is 0 Å². The minimum atomic E-state index is -0.318. The van der Waals surface area contributed by atoms with E-state index in [0.717, 1.165) is 16.0 Å². The molecule has 1 aromatic heterocycles. The molecule has 3 nitrogen and oxygen atoms in total. The molecule has 0 aliphatic rings. The third kappa shape index (κ3) is 4.42. The van der Waals surface area contributed by atoms with Crippen LogP contribution in [0.25, 0.3) is 0 Å². The van der Waals surface area contributed by atoms with E-state index in [1.807, 2.05) is 25.1 Å². The molecular weight excluding hydrogens is 320 g/mol. The van der Waals surface area contributed by atoms with Gasteiger partial charge in [0.05, 0.1) is 6.61 Å². The molecule has 0 radical (unpaired) electrons. The predicted octanol–water partition coefficient (Wildman–Crippen LogP) is 4.24. The number of Topliss-reactive ketones (excluding diaryl/α,β-unsaturated/α-hetero) is 1. The second kappa shape index (κ2) is 7.56. The van der Waals surface area contributed by atoms with Gasteiger partial charge in [-0.15, -0.1) is 11.3 Å². The van der Waals surface area contributed by atoms with Crippen LogP contribution in [0.4, 0.5) is 0 Å². The fourth-order valence-corrected chi connectivity index (χ4v) is 3.34. The average molecular weight is 337 g/mol.